The Hall–Kier alpha value is -1.22. The van der Waals surface area contributed by atoms with Crippen LogP contribution >= 0.6 is 11.6 Å². The Morgan fingerprint density at radius 2 is 1.89 bits per heavy atom. The Labute approximate surface area is 118 Å². The van der Waals surface area contributed by atoms with Crippen molar-refractivity contribution in [2.24, 2.45) is 11.8 Å². The SMILES string of the molecule is CC1CC(C)CC(Oc2ccc(Cl)cc2C(=O)O)C1. The molecule has 1 aromatic carbocycles. The zero-order chi connectivity index (χ0) is 14.0. The molecule has 1 N–H and O–H groups in total. The maximum atomic E-state index is 11.2. The average Bonchev–Trinajstić information content (AvgIpc) is 2.30. The van der Waals surface area contributed by atoms with Crippen molar-refractivity contribution in [2.75, 3.05) is 0 Å². The number of hydrogen-bond acceptors (Lipinski definition) is 2. The largest absolute Gasteiger partial charge is 0.490 e. The number of hydrogen-bond donors (Lipinski definition) is 1. The number of ether oxygens (including phenoxy) is 1. The van der Waals surface area contributed by atoms with Gasteiger partial charge in [0.2, 0.25) is 0 Å². The summed E-state index contributed by atoms with van der Waals surface area (Å²) in [6.45, 7) is 4.43. The zero-order valence-corrected chi connectivity index (χ0v) is 12.0. The Bertz CT molecular complexity index is 462. The molecule has 1 saturated carbocycles. The molecule has 0 radical (unpaired) electrons. The molecule has 0 aromatic heterocycles. The van der Waals surface area contributed by atoms with Crippen LogP contribution < -0.4 is 4.74 Å². The smallest absolute Gasteiger partial charge is 0.339 e. The zero-order valence-electron chi connectivity index (χ0n) is 11.2. The number of carbonyl (C=O) groups is 1. The third-order valence-corrected chi connectivity index (χ3v) is 3.84. The van der Waals surface area contributed by atoms with Crippen molar-refractivity contribution in [3.63, 3.8) is 0 Å². The van der Waals surface area contributed by atoms with Gasteiger partial charge in [0, 0.05) is 5.02 Å². The Morgan fingerprint density at radius 3 is 2.47 bits per heavy atom. The minimum absolute atomic E-state index is 0.0954. The van der Waals surface area contributed by atoms with Crippen LogP contribution in [-0.4, -0.2) is 17.2 Å². The summed E-state index contributed by atoms with van der Waals surface area (Å²) < 4.78 is 5.90. The van der Waals surface area contributed by atoms with Gasteiger partial charge in [-0.25, -0.2) is 4.79 Å². The highest BCUT2D eigenvalue weighted by atomic mass is 35.5. The van der Waals surface area contributed by atoms with E-state index in [1.165, 1.54) is 12.5 Å². The van der Waals surface area contributed by atoms with E-state index < -0.39 is 5.97 Å². The number of carboxylic acids is 1. The third-order valence-electron chi connectivity index (χ3n) is 3.60. The van der Waals surface area contributed by atoms with Crippen molar-refractivity contribution in [3.05, 3.63) is 28.8 Å². The van der Waals surface area contributed by atoms with Gasteiger partial charge in [-0.15, -0.1) is 0 Å². The summed E-state index contributed by atoms with van der Waals surface area (Å²) in [5, 5.41) is 9.60. The molecular weight excluding hydrogens is 264 g/mol. The van der Waals surface area contributed by atoms with Crippen LogP contribution in [0.15, 0.2) is 18.2 Å². The number of aromatic carboxylic acids is 1. The molecule has 2 atom stereocenters. The first-order valence-corrected chi connectivity index (χ1v) is 7.03. The van der Waals surface area contributed by atoms with Crippen molar-refractivity contribution < 1.29 is 14.6 Å². The summed E-state index contributed by atoms with van der Waals surface area (Å²) in [5.41, 5.74) is 0.137. The molecule has 0 saturated heterocycles. The van der Waals surface area contributed by atoms with Crippen LogP contribution in [0.1, 0.15) is 43.5 Å². The molecule has 1 fully saturated rings. The van der Waals surface area contributed by atoms with Gasteiger partial charge in [0.15, 0.2) is 0 Å². The lowest BCUT2D eigenvalue weighted by atomic mass is 9.82. The van der Waals surface area contributed by atoms with Crippen molar-refractivity contribution in [2.45, 2.75) is 39.2 Å². The summed E-state index contributed by atoms with van der Waals surface area (Å²) in [6.07, 6.45) is 3.27. The summed E-state index contributed by atoms with van der Waals surface area (Å²) in [5.74, 6) is 0.654. The fourth-order valence-electron chi connectivity index (χ4n) is 2.92. The quantitative estimate of drug-likeness (QED) is 0.902. The average molecular weight is 283 g/mol. The predicted octanol–water partition coefficient (Wildman–Crippen LogP) is 4.24. The molecule has 1 aliphatic rings. The van der Waals surface area contributed by atoms with Gasteiger partial charge in [0.05, 0.1) is 6.10 Å². The highest BCUT2D eigenvalue weighted by molar-refractivity contribution is 6.31. The Kier molecular flexibility index (Phi) is 4.35. The molecule has 0 spiro atoms. The molecule has 0 bridgehead atoms. The molecule has 3 nitrogen and oxygen atoms in total. The van der Waals surface area contributed by atoms with E-state index >= 15 is 0 Å². The molecular formula is C15H19ClO3. The first-order chi connectivity index (χ1) is 8.95. The van der Waals surface area contributed by atoms with Crippen molar-refractivity contribution in [1.29, 1.82) is 0 Å². The maximum Gasteiger partial charge on any atom is 0.339 e. The van der Waals surface area contributed by atoms with Gasteiger partial charge in [0.25, 0.3) is 0 Å². The van der Waals surface area contributed by atoms with E-state index in [1.54, 1.807) is 12.1 Å². The number of rotatable bonds is 3. The van der Waals surface area contributed by atoms with Gasteiger partial charge in [-0.3, -0.25) is 0 Å². The predicted molar refractivity (Wildman–Crippen MR) is 75.0 cm³/mol. The monoisotopic (exact) mass is 282 g/mol. The molecule has 1 aliphatic carbocycles. The highest BCUT2D eigenvalue weighted by Gasteiger charge is 2.26. The van der Waals surface area contributed by atoms with Gasteiger partial charge >= 0.3 is 5.97 Å². The lowest BCUT2D eigenvalue weighted by molar-refractivity contribution is 0.0676. The fourth-order valence-corrected chi connectivity index (χ4v) is 3.09. The Balaban J connectivity index is 2.16. The van der Waals surface area contributed by atoms with Gasteiger partial charge < -0.3 is 9.84 Å². The minimum atomic E-state index is -1.01. The third kappa shape index (κ3) is 3.63. The second-order valence-electron chi connectivity index (χ2n) is 5.60. The summed E-state index contributed by atoms with van der Waals surface area (Å²) in [6, 6.07) is 4.75. The van der Waals surface area contributed by atoms with E-state index in [-0.39, 0.29) is 11.7 Å². The van der Waals surface area contributed by atoms with Crippen LogP contribution in [0.3, 0.4) is 0 Å². The van der Waals surface area contributed by atoms with E-state index in [9.17, 15) is 9.90 Å². The lowest BCUT2D eigenvalue weighted by Crippen LogP contribution is -2.29. The summed E-state index contributed by atoms with van der Waals surface area (Å²) in [7, 11) is 0. The number of halogens is 1. The molecule has 19 heavy (non-hydrogen) atoms. The van der Waals surface area contributed by atoms with Crippen LogP contribution in [0.4, 0.5) is 0 Å². The van der Waals surface area contributed by atoms with Crippen LogP contribution in [0, 0.1) is 11.8 Å². The van der Waals surface area contributed by atoms with E-state index in [1.807, 2.05) is 0 Å². The van der Waals surface area contributed by atoms with E-state index in [0.717, 1.165) is 12.8 Å². The van der Waals surface area contributed by atoms with Crippen molar-refractivity contribution >= 4 is 17.6 Å². The number of carboxylic acid groups (broad SMARTS) is 1. The molecule has 2 rings (SSSR count). The first-order valence-electron chi connectivity index (χ1n) is 6.65. The normalized spacial score (nSPS) is 27.0. The second-order valence-corrected chi connectivity index (χ2v) is 6.04. The van der Waals surface area contributed by atoms with Crippen LogP contribution in [-0.2, 0) is 0 Å². The standard InChI is InChI=1S/C15H19ClO3/c1-9-5-10(2)7-12(6-9)19-14-4-3-11(16)8-13(14)15(17)18/h3-4,8-10,12H,5-7H2,1-2H3,(H,17,18). The van der Waals surface area contributed by atoms with Crippen molar-refractivity contribution in [3.8, 4) is 5.75 Å². The summed E-state index contributed by atoms with van der Waals surface area (Å²) in [4.78, 5) is 11.2. The minimum Gasteiger partial charge on any atom is -0.490 e. The molecule has 104 valence electrons. The first kappa shape index (κ1) is 14.2. The van der Waals surface area contributed by atoms with Crippen LogP contribution in [0.5, 0.6) is 5.75 Å². The fraction of sp³-hybridized carbons (Fsp3) is 0.533. The molecule has 4 heteroatoms. The molecule has 0 amide bonds. The second kappa shape index (κ2) is 5.83. The molecule has 1 aromatic rings. The maximum absolute atomic E-state index is 11.2. The Morgan fingerprint density at radius 1 is 1.26 bits per heavy atom. The van der Waals surface area contributed by atoms with E-state index in [0.29, 0.717) is 22.6 Å². The van der Waals surface area contributed by atoms with Crippen LogP contribution in [0.2, 0.25) is 5.02 Å². The van der Waals surface area contributed by atoms with E-state index in [2.05, 4.69) is 13.8 Å². The molecule has 2 unspecified atom stereocenters. The summed E-state index contributed by atoms with van der Waals surface area (Å²) >= 11 is 5.83. The van der Waals surface area contributed by atoms with Crippen molar-refractivity contribution in [1.82, 2.24) is 0 Å². The van der Waals surface area contributed by atoms with Gasteiger partial charge in [-0.05, 0) is 49.3 Å². The molecule has 0 aliphatic heterocycles. The number of benzene rings is 1. The molecule has 0 heterocycles. The highest BCUT2D eigenvalue weighted by Crippen LogP contribution is 2.33. The van der Waals surface area contributed by atoms with Gasteiger partial charge in [-0.2, -0.15) is 0 Å². The van der Waals surface area contributed by atoms with Gasteiger partial charge in [0.1, 0.15) is 11.3 Å². The van der Waals surface area contributed by atoms with E-state index in [4.69, 9.17) is 16.3 Å². The van der Waals surface area contributed by atoms with Crippen LogP contribution in [0.25, 0.3) is 0 Å². The van der Waals surface area contributed by atoms with Gasteiger partial charge in [-0.1, -0.05) is 25.4 Å². The topological polar surface area (TPSA) is 46.5 Å². The lowest BCUT2D eigenvalue weighted by Gasteiger charge is -2.32.